The van der Waals surface area contributed by atoms with Crippen molar-refractivity contribution in [3.8, 4) is 0 Å². The maximum absolute atomic E-state index is 14.5. The minimum atomic E-state index is -4.74. The second-order valence-corrected chi connectivity index (χ2v) is 24.7. The van der Waals surface area contributed by atoms with Gasteiger partial charge in [-0.05, 0) is 11.8 Å². The summed E-state index contributed by atoms with van der Waals surface area (Å²) in [5, 5.41) is 0. The number of unbranched alkanes of at least 4 members (excludes halogenated alkanes) is 24. The van der Waals surface area contributed by atoms with Gasteiger partial charge in [0.2, 0.25) is 0 Å². The van der Waals surface area contributed by atoms with Gasteiger partial charge in [0.15, 0.2) is 0 Å². The van der Waals surface area contributed by atoms with Crippen LogP contribution in [0.4, 0.5) is 0 Å². The molecule has 0 aromatic heterocycles. The van der Waals surface area contributed by atoms with Crippen molar-refractivity contribution in [2.75, 3.05) is 13.2 Å². The van der Waals surface area contributed by atoms with E-state index in [1.165, 1.54) is 167 Å². The van der Waals surface area contributed by atoms with Gasteiger partial charge in [-0.15, -0.1) is 0 Å². The first-order valence-corrected chi connectivity index (χ1v) is 24.9. The molecule has 0 saturated heterocycles. The van der Waals surface area contributed by atoms with Crippen LogP contribution in [0, 0.1) is 11.8 Å². The summed E-state index contributed by atoms with van der Waals surface area (Å²) in [7, 11) is 0. The van der Waals surface area contributed by atoms with E-state index in [0.717, 1.165) is 24.7 Å². The predicted octanol–water partition coefficient (Wildman–Crippen LogP) is 15.8. The molecule has 46 heavy (non-hydrogen) atoms. The third-order valence-corrected chi connectivity index (χ3v) is 19.6. The fourth-order valence-corrected chi connectivity index (χ4v) is 13.1. The van der Waals surface area contributed by atoms with E-state index in [4.69, 9.17) is 6.64 Å². The Bertz CT molecular complexity index is 641. The summed E-state index contributed by atoms with van der Waals surface area (Å²) in [6.07, 6.45) is 37.7. The minimum absolute atomic E-state index is 0.0444. The molecule has 0 radical (unpaired) electrons. The standard InChI is InChI=1S/2C18H37O.2C3H7.O.Ti/c2*1-18(2)16-14-12-10-8-6-4-3-5-7-9-11-13-15-17-19;2*1-3-2;;/h2*18H,3-17H2,1-2H3;2*3H,1-2H3;;/q2*-1;;;;+2. The van der Waals surface area contributed by atoms with Gasteiger partial charge in [0.1, 0.15) is 0 Å². The van der Waals surface area contributed by atoms with Crippen molar-refractivity contribution in [1.82, 2.24) is 0 Å². The molecule has 0 spiro atoms. The van der Waals surface area contributed by atoms with Crippen molar-refractivity contribution in [2.45, 2.75) is 244 Å². The second-order valence-electron chi connectivity index (χ2n) is 16.7. The Kier molecular flexibility index (Phi) is 30.6. The average Bonchev–Trinajstić information content (AvgIpc) is 3.00. The van der Waals surface area contributed by atoms with E-state index in [1.54, 1.807) is 0 Å². The van der Waals surface area contributed by atoms with E-state index in [2.05, 4.69) is 55.4 Å². The molecule has 0 fully saturated rings. The maximum atomic E-state index is 14.5. The van der Waals surface area contributed by atoms with Gasteiger partial charge in [-0.3, -0.25) is 0 Å². The molecule has 0 aromatic carbocycles. The third-order valence-electron chi connectivity index (χ3n) is 10.7. The molecule has 278 valence electrons. The molecule has 0 amide bonds. The van der Waals surface area contributed by atoms with Gasteiger partial charge in [-0.1, -0.05) is 79.1 Å². The van der Waals surface area contributed by atoms with Crippen LogP contribution in [0.3, 0.4) is 0 Å². The number of hydrogen-bond donors (Lipinski definition) is 0. The van der Waals surface area contributed by atoms with Crippen LogP contribution in [-0.2, 0) is 26.0 Å². The van der Waals surface area contributed by atoms with Crippen LogP contribution in [0.15, 0.2) is 0 Å². The van der Waals surface area contributed by atoms with Crippen molar-refractivity contribution in [3.63, 3.8) is 0 Å². The molecule has 0 atom stereocenters. The summed E-state index contributed by atoms with van der Waals surface area (Å²) < 4.78 is 27.3. The van der Waals surface area contributed by atoms with Crippen LogP contribution < -0.4 is 0 Å². The zero-order valence-electron chi connectivity index (χ0n) is 33.2. The molecule has 0 aliphatic rings. The van der Waals surface area contributed by atoms with Gasteiger partial charge in [-0.25, -0.2) is 0 Å². The Hall–Kier alpha value is 0.434. The predicted molar refractivity (Wildman–Crippen MR) is 202 cm³/mol. The molecule has 4 heteroatoms. The first-order chi connectivity index (χ1) is 22.0. The van der Waals surface area contributed by atoms with Crippen LogP contribution in [0.25, 0.3) is 0 Å². The Labute approximate surface area is 293 Å². The molecule has 0 aliphatic heterocycles. The van der Waals surface area contributed by atoms with Crippen LogP contribution >= 0.6 is 0 Å². The van der Waals surface area contributed by atoms with E-state index >= 15 is 0 Å². The van der Waals surface area contributed by atoms with Gasteiger partial charge in [0, 0.05) is 0 Å². The van der Waals surface area contributed by atoms with Crippen LogP contribution in [0.1, 0.15) is 235 Å². The molecular weight excluding hydrogens is 600 g/mol. The Balaban J connectivity index is 3.90. The van der Waals surface area contributed by atoms with E-state index < -0.39 is 16.1 Å². The van der Waals surface area contributed by atoms with Crippen LogP contribution in [-0.4, -0.2) is 13.2 Å². The fourth-order valence-electron chi connectivity index (χ4n) is 7.12. The van der Waals surface area contributed by atoms with E-state index in [-0.39, 0.29) is 8.45 Å². The monoisotopic (exact) mass is 689 g/mol. The fraction of sp³-hybridized carbons (Fsp3) is 1.00. The first kappa shape index (κ1) is 46.4. The average molecular weight is 689 g/mol. The summed E-state index contributed by atoms with van der Waals surface area (Å²) in [5.41, 5.74) is 0. The summed E-state index contributed by atoms with van der Waals surface area (Å²) >= 11 is -4.74. The Morgan fingerprint density at radius 3 is 0.717 bits per heavy atom. The molecule has 0 saturated carbocycles. The van der Waals surface area contributed by atoms with E-state index in [9.17, 15) is 3.32 Å². The topological polar surface area (TPSA) is 35.5 Å². The molecule has 0 aromatic rings. The molecule has 0 N–H and O–H groups in total. The second kappa shape index (κ2) is 30.3. The van der Waals surface area contributed by atoms with Gasteiger partial charge >= 0.3 is 204 Å². The summed E-state index contributed by atoms with van der Waals surface area (Å²) in [6.45, 7) is 18.8. The Morgan fingerprint density at radius 2 is 0.522 bits per heavy atom. The summed E-state index contributed by atoms with van der Waals surface area (Å²) in [4.78, 5) is 0. The van der Waals surface area contributed by atoms with E-state index in [1.807, 2.05) is 0 Å². The van der Waals surface area contributed by atoms with Crippen LogP contribution in [0.5, 0.6) is 0 Å². The molecule has 0 heterocycles. The molecule has 0 aliphatic carbocycles. The molecule has 0 rings (SSSR count). The quantitative estimate of drug-likeness (QED) is 0.0485. The van der Waals surface area contributed by atoms with Gasteiger partial charge in [-0.2, -0.15) is 0 Å². The number of hydrogen-bond acceptors (Lipinski definition) is 3. The Morgan fingerprint density at radius 1 is 0.326 bits per heavy atom. The van der Waals surface area contributed by atoms with Gasteiger partial charge < -0.3 is 0 Å². The van der Waals surface area contributed by atoms with Gasteiger partial charge in [0.25, 0.3) is 0 Å². The SMILES string of the molecule is CC(C)CCCCCCCCCCCCCCC[O][Ti](=[O])([O]CCCCCCCCCCCCCCCC(C)C)([CH](C)C)[CH](C)C. The van der Waals surface area contributed by atoms with E-state index in [0.29, 0.717) is 13.2 Å². The summed E-state index contributed by atoms with van der Waals surface area (Å²) in [5.74, 6) is 1.73. The normalized spacial score (nSPS) is 12.9. The molecule has 3 nitrogen and oxygen atoms in total. The molecule has 0 bridgehead atoms. The first-order valence-electron chi connectivity index (χ1n) is 21.2. The van der Waals surface area contributed by atoms with Crippen LogP contribution in [0.2, 0.25) is 8.45 Å². The zero-order chi connectivity index (χ0) is 34.4. The van der Waals surface area contributed by atoms with Crippen molar-refractivity contribution < 1.29 is 26.0 Å². The molecular formula is C42H88O3Ti. The molecule has 0 unspecified atom stereocenters. The zero-order valence-corrected chi connectivity index (χ0v) is 34.8. The van der Waals surface area contributed by atoms with Crippen molar-refractivity contribution in [2.24, 2.45) is 11.8 Å². The number of rotatable bonds is 36. The van der Waals surface area contributed by atoms with Crippen molar-refractivity contribution in [3.05, 3.63) is 0 Å². The summed E-state index contributed by atoms with van der Waals surface area (Å²) in [6, 6.07) is 0. The van der Waals surface area contributed by atoms with Crippen molar-refractivity contribution >= 4 is 0 Å². The van der Waals surface area contributed by atoms with Gasteiger partial charge in [0.05, 0.1) is 0 Å². The van der Waals surface area contributed by atoms with Crippen molar-refractivity contribution in [1.29, 1.82) is 0 Å². The third kappa shape index (κ3) is 24.5.